The minimum absolute atomic E-state index is 0.287. The lowest BCUT2D eigenvalue weighted by atomic mass is 10.1. The summed E-state index contributed by atoms with van der Waals surface area (Å²) in [6.07, 6.45) is 2.29. The predicted octanol–water partition coefficient (Wildman–Crippen LogP) is 4.87. The maximum atomic E-state index is 13.7. The summed E-state index contributed by atoms with van der Waals surface area (Å²) < 4.78 is 27.0. The third-order valence-corrected chi connectivity index (χ3v) is 9.56. The first-order chi connectivity index (χ1) is 12.7. The van der Waals surface area contributed by atoms with Crippen LogP contribution in [0.25, 0.3) is 0 Å². The molecule has 146 valence electrons. The number of amides is 1. The molecule has 1 aliphatic rings. The van der Waals surface area contributed by atoms with Crippen molar-refractivity contribution in [1.82, 2.24) is 4.90 Å². The highest BCUT2D eigenvalue weighted by atomic mass is 79.9. The van der Waals surface area contributed by atoms with E-state index in [0.29, 0.717) is 29.8 Å². The van der Waals surface area contributed by atoms with Crippen molar-refractivity contribution in [3.63, 3.8) is 0 Å². The first kappa shape index (κ1) is 20.6. The Labute approximate surface area is 173 Å². The summed E-state index contributed by atoms with van der Waals surface area (Å²) in [7, 11) is -2.08. The maximum Gasteiger partial charge on any atom is 0.244 e. The second kappa shape index (κ2) is 7.68. The minimum atomic E-state index is -3.78. The van der Waals surface area contributed by atoms with Crippen molar-refractivity contribution >= 4 is 43.0 Å². The van der Waals surface area contributed by atoms with Crippen LogP contribution in [0, 0.1) is 13.8 Å². The van der Waals surface area contributed by atoms with E-state index < -0.39 is 14.6 Å². The van der Waals surface area contributed by atoms with E-state index in [4.69, 9.17) is 0 Å². The minimum Gasteiger partial charge on any atom is -0.339 e. The molecule has 0 bridgehead atoms. The van der Waals surface area contributed by atoms with Gasteiger partial charge in [0.15, 0.2) is 14.6 Å². The zero-order valence-electron chi connectivity index (χ0n) is 15.8. The molecular formula is C20H24BrNO3S2. The molecule has 1 amide bonds. The van der Waals surface area contributed by atoms with Crippen molar-refractivity contribution in [2.45, 2.75) is 55.7 Å². The number of nitrogens with zero attached hydrogens (tertiary/aromatic N) is 1. The Morgan fingerprint density at radius 2 is 1.85 bits per heavy atom. The van der Waals surface area contributed by atoms with E-state index in [1.807, 2.05) is 31.2 Å². The Bertz CT molecular complexity index is 959. The average molecular weight is 470 g/mol. The van der Waals surface area contributed by atoms with Gasteiger partial charge >= 0.3 is 0 Å². The van der Waals surface area contributed by atoms with Crippen molar-refractivity contribution in [2.75, 3.05) is 7.05 Å². The molecule has 4 nitrogen and oxygen atoms in total. The van der Waals surface area contributed by atoms with Crippen LogP contribution in [-0.4, -0.2) is 31.0 Å². The molecule has 2 aromatic rings. The van der Waals surface area contributed by atoms with E-state index in [0.717, 1.165) is 27.1 Å². The van der Waals surface area contributed by atoms with E-state index in [-0.39, 0.29) is 5.91 Å². The molecule has 0 spiro atoms. The molecular weight excluding hydrogens is 446 g/mol. The van der Waals surface area contributed by atoms with Gasteiger partial charge in [0.05, 0.1) is 15.2 Å². The monoisotopic (exact) mass is 469 g/mol. The van der Waals surface area contributed by atoms with Crippen molar-refractivity contribution in [1.29, 1.82) is 0 Å². The van der Waals surface area contributed by atoms with E-state index in [1.54, 1.807) is 36.3 Å². The molecule has 0 N–H and O–H groups in total. The highest BCUT2D eigenvalue weighted by Crippen LogP contribution is 2.43. The van der Waals surface area contributed by atoms with Gasteiger partial charge < -0.3 is 4.90 Å². The largest absolute Gasteiger partial charge is 0.339 e. The Morgan fingerprint density at radius 1 is 1.19 bits per heavy atom. The Hall–Kier alpha value is -1.18. The van der Waals surface area contributed by atoms with Crippen LogP contribution in [0.3, 0.4) is 0 Å². The molecule has 0 unspecified atom stereocenters. The van der Waals surface area contributed by atoms with E-state index in [2.05, 4.69) is 15.9 Å². The summed E-state index contributed by atoms with van der Waals surface area (Å²) in [5.41, 5.74) is 1.58. The van der Waals surface area contributed by atoms with Gasteiger partial charge in [-0.1, -0.05) is 25.0 Å². The lowest BCUT2D eigenvalue weighted by Gasteiger charge is -2.32. The summed E-state index contributed by atoms with van der Waals surface area (Å²) in [6.45, 7) is 4.09. The fraction of sp³-hybridized carbons (Fsp3) is 0.450. The molecule has 0 atom stereocenters. The lowest BCUT2D eigenvalue weighted by molar-refractivity contribution is -0.133. The smallest absolute Gasteiger partial charge is 0.244 e. The van der Waals surface area contributed by atoms with Crippen LogP contribution >= 0.6 is 27.3 Å². The molecule has 0 aliphatic heterocycles. The van der Waals surface area contributed by atoms with Crippen molar-refractivity contribution in [3.8, 4) is 0 Å². The zero-order chi connectivity index (χ0) is 19.8. The van der Waals surface area contributed by atoms with Gasteiger partial charge in [0.2, 0.25) is 5.91 Å². The fourth-order valence-corrected chi connectivity index (χ4v) is 7.84. The van der Waals surface area contributed by atoms with Gasteiger partial charge in [0.25, 0.3) is 0 Å². The van der Waals surface area contributed by atoms with Gasteiger partial charge in [-0.2, -0.15) is 0 Å². The quantitative estimate of drug-likeness (QED) is 0.627. The molecule has 0 saturated heterocycles. The fourth-order valence-electron chi connectivity index (χ4n) is 3.84. The lowest BCUT2D eigenvalue weighted by Crippen LogP contribution is -2.51. The van der Waals surface area contributed by atoms with Crippen LogP contribution < -0.4 is 0 Å². The van der Waals surface area contributed by atoms with E-state index in [9.17, 15) is 13.2 Å². The zero-order valence-corrected chi connectivity index (χ0v) is 19.0. The van der Waals surface area contributed by atoms with Crippen LogP contribution in [0.2, 0.25) is 0 Å². The van der Waals surface area contributed by atoms with Gasteiger partial charge in [-0.3, -0.25) is 4.79 Å². The molecule has 1 heterocycles. The Morgan fingerprint density at radius 3 is 2.44 bits per heavy atom. The summed E-state index contributed by atoms with van der Waals surface area (Å²) in [4.78, 5) is 16.3. The van der Waals surface area contributed by atoms with Crippen LogP contribution in [0.15, 0.2) is 39.0 Å². The number of thiophene rings is 1. The number of aryl methyl sites for hydroxylation is 2. The second-order valence-corrected chi connectivity index (χ2v) is 12.1. The first-order valence-corrected chi connectivity index (χ1v) is 12.1. The second-order valence-electron chi connectivity index (χ2n) is 7.34. The van der Waals surface area contributed by atoms with Crippen LogP contribution in [-0.2, 0) is 21.2 Å². The Kier molecular flexibility index (Phi) is 5.85. The Balaban J connectivity index is 1.99. The van der Waals surface area contributed by atoms with Crippen molar-refractivity contribution < 1.29 is 13.2 Å². The third-order valence-electron chi connectivity index (χ3n) is 5.32. The number of sulfone groups is 1. The van der Waals surface area contributed by atoms with Crippen LogP contribution in [0.5, 0.6) is 0 Å². The number of benzene rings is 1. The first-order valence-electron chi connectivity index (χ1n) is 8.99. The summed E-state index contributed by atoms with van der Waals surface area (Å²) in [5, 5.41) is 0. The SMILES string of the molecule is Cc1ccc(C)c(S(=O)(=O)C2(C(=O)N(C)Cc3ccc(Br)s3)CCCC2)c1. The maximum absolute atomic E-state index is 13.7. The van der Waals surface area contributed by atoms with Crippen molar-refractivity contribution in [2.24, 2.45) is 0 Å². The molecule has 1 aliphatic carbocycles. The van der Waals surface area contributed by atoms with Gasteiger partial charge in [0.1, 0.15) is 0 Å². The van der Waals surface area contributed by atoms with Crippen LogP contribution in [0.1, 0.15) is 41.7 Å². The van der Waals surface area contributed by atoms with Crippen LogP contribution in [0.4, 0.5) is 0 Å². The van der Waals surface area contributed by atoms with Gasteiger partial charge in [-0.25, -0.2) is 8.42 Å². The molecule has 3 rings (SSSR count). The number of carbonyl (C=O) groups excluding carboxylic acids is 1. The molecule has 0 radical (unpaired) electrons. The predicted molar refractivity (Wildman–Crippen MR) is 113 cm³/mol. The van der Waals surface area contributed by atoms with Gasteiger partial charge in [-0.15, -0.1) is 11.3 Å². The number of carbonyl (C=O) groups is 1. The summed E-state index contributed by atoms with van der Waals surface area (Å²) >= 11 is 4.99. The number of hydrogen-bond acceptors (Lipinski definition) is 4. The van der Waals surface area contributed by atoms with Gasteiger partial charge in [0, 0.05) is 11.9 Å². The molecule has 7 heteroatoms. The molecule has 27 heavy (non-hydrogen) atoms. The standard InChI is InChI=1S/C20H24BrNO3S2/c1-14-6-7-15(2)17(12-14)27(24,25)20(10-4-5-11-20)19(23)22(3)13-16-8-9-18(21)26-16/h6-9,12H,4-5,10-11,13H2,1-3H3. The molecule has 1 saturated carbocycles. The number of rotatable bonds is 5. The third kappa shape index (κ3) is 3.74. The normalized spacial score (nSPS) is 16.4. The molecule has 1 aromatic heterocycles. The van der Waals surface area contributed by atoms with Gasteiger partial charge in [-0.05, 0) is 71.9 Å². The summed E-state index contributed by atoms with van der Waals surface area (Å²) in [5.74, 6) is -0.287. The van der Waals surface area contributed by atoms with E-state index in [1.165, 1.54) is 0 Å². The number of halogens is 1. The van der Waals surface area contributed by atoms with E-state index >= 15 is 0 Å². The summed E-state index contributed by atoms with van der Waals surface area (Å²) in [6, 6.07) is 9.32. The van der Waals surface area contributed by atoms with Crippen molar-refractivity contribution in [3.05, 3.63) is 50.1 Å². The topological polar surface area (TPSA) is 54.5 Å². The highest BCUT2D eigenvalue weighted by Gasteiger charge is 2.54. The highest BCUT2D eigenvalue weighted by molar-refractivity contribution is 9.11. The molecule has 1 aromatic carbocycles. The molecule has 1 fully saturated rings. The number of hydrogen-bond donors (Lipinski definition) is 0. The average Bonchev–Trinajstić information content (AvgIpc) is 3.26.